The molecule has 0 atom stereocenters. The third-order valence-electron chi connectivity index (χ3n) is 2.58. The summed E-state index contributed by atoms with van der Waals surface area (Å²) in [5, 5.41) is 11.7. The van der Waals surface area contributed by atoms with Crippen LogP contribution in [0.25, 0.3) is 17.0 Å². The lowest BCUT2D eigenvalue weighted by molar-refractivity contribution is -0.0491. The lowest BCUT2D eigenvalue weighted by atomic mass is 10.1. The second-order valence-corrected chi connectivity index (χ2v) is 3.48. The highest BCUT2D eigenvalue weighted by Crippen LogP contribution is 2.26. The molecule has 2 aromatic rings. The summed E-state index contributed by atoms with van der Waals surface area (Å²) in [6.07, 6.45) is 3.55. The monoisotopic (exact) mass is 186 g/mol. The number of hydroxylamine groups is 2. The highest BCUT2D eigenvalue weighted by molar-refractivity contribution is 5.87. The fraction of sp³-hybridized carbons (Fsp3) is 0.0909. The minimum atomic E-state index is 0.551. The minimum absolute atomic E-state index is 0.551. The Bertz CT molecular complexity index is 513. The smallest absolute Gasteiger partial charge is 0.0723 e. The number of rotatable bonds is 0. The maximum absolute atomic E-state index is 9.37. The normalized spacial score (nSPS) is 14.8. The molecule has 0 spiro atoms. The zero-order valence-electron chi connectivity index (χ0n) is 7.57. The van der Waals surface area contributed by atoms with Crippen LogP contribution in [0.2, 0.25) is 0 Å². The van der Waals surface area contributed by atoms with Crippen LogP contribution in [0.15, 0.2) is 30.5 Å². The highest BCUT2D eigenvalue weighted by atomic mass is 16.5. The van der Waals surface area contributed by atoms with Crippen LogP contribution in [0, 0.1) is 0 Å². The van der Waals surface area contributed by atoms with Crippen molar-refractivity contribution < 1.29 is 5.21 Å². The van der Waals surface area contributed by atoms with E-state index in [1.165, 1.54) is 10.4 Å². The van der Waals surface area contributed by atoms with Crippen LogP contribution in [0.1, 0.15) is 11.3 Å². The van der Waals surface area contributed by atoms with Crippen LogP contribution in [0.4, 0.5) is 0 Å². The van der Waals surface area contributed by atoms with Gasteiger partial charge in [0, 0.05) is 28.4 Å². The molecule has 0 fully saturated rings. The summed E-state index contributed by atoms with van der Waals surface area (Å²) in [5.74, 6) is 0. The second-order valence-electron chi connectivity index (χ2n) is 3.48. The van der Waals surface area contributed by atoms with Crippen molar-refractivity contribution in [3.63, 3.8) is 0 Å². The molecule has 2 N–H and O–H groups in total. The Labute approximate surface area is 81.2 Å². The van der Waals surface area contributed by atoms with Crippen molar-refractivity contribution in [3.05, 3.63) is 41.7 Å². The van der Waals surface area contributed by atoms with E-state index in [-0.39, 0.29) is 0 Å². The predicted octanol–water partition coefficient (Wildman–Crippen LogP) is 2.34. The summed E-state index contributed by atoms with van der Waals surface area (Å²) in [5.41, 5.74) is 3.37. The van der Waals surface area contributed by atoms with Gasteiger partial charge in [0.2, 0.25) is 0 Å². The maximum Gasteiger partial charge on any atom is 0.0723 e. The van der Waals surface area contributed by atoms with Crippen LogP contribution < -0.4 is 0 Å². The topological polar surface area (TPSA) is 39.3 Å². The SMILES string of the molecule is ON1C=Cc2[nH]c3ccccc3c2C1. The zero-order chi connectivity index (χ0) is 9.54. The summed E-state index contributed by atoms with van der Waals surface area (Å²) < 4.78 is 0. The van der Waals surface area contributed by atoms with Crippen molar-refractivity contribution in [2.75, 3.05) is 0 Å². The van der Waals surface area contributed by atoms with Gasteiger partial charge in [0.1, 0.15) is 0 Å². The number of para-hydroxylation sites is 1. The molecule has 3 heteroatoms. The Balaban J connectivity index is 2.32. The minimum Gasteiger partial charge on any atom is -0.355 e. The molecule has 70 valence electrons. The Morgan fingerprint density at radius 3 is 3.07 bits per heavy atom. The molecule has 1 aliphatic rings. The molecular weight excluding hydrogens is 176 g/mol. The molecule has 0 unspecified atom stereocenters. The molecule has 0 saturated carbocycles. The Morgan fingerprint density at radius 2 is 2.14 bits per heavy atom. The Kier molecular flexibility index (Phi) is 1.43. The molecular formula is C11H10N2O. The summed E-state index contributed by atoms with van der Waals surface area (Å²) in [6, 6.07) is 8.13. The molecule has 0 bridgehead atoms. The molecule has 1 aromatic heterocycles. The van der Waals surface area contributed by atoms with Crippen LogP contribution in [0.3, 0.4) is 0 Å². The van der Waals surface area contributed by atoms with Gasteiger partial charge in [-0.2, -0.15) is 0 Å². The number of hydrogen-bond acceptors (Lipinski definition) is 2. The van der Waals surface area contributed by atoms with Crippen molar-refractivity contribution in [2.45, 2.75) is 6.54 Å². The number of nitrogens with one attached hydrogen (secondary N) is 1. The maximum atomic E-state index is 9.37. The van der Waals surface area contributed by atoms with E-state index in [0.717, 1.165) is 16.8 Å². The van der Waals surface area contributed by atoms with Crippen LogP contribution in [-0.2, 0) is 6.54 Å². The molecule has 1 aliphatic heterocycles. The first-order valence-electron chi connectivity index (χ1n) is 4.58. The molecule has 2 heterocycles. The molecule has 0 saturated heterocycles. The summed E-state index contributed by atoms with van der Waals surface area (Å²) in [6.45, 7) is 0.551. The van der Waals surface area contributed by atoms with Gasteiger partial charge >= 0.3 is 0 Å². The number of benzene rings is 1. The van der Waals surface area contributed by atoms with Crippen LogP contribution in [0.5, 0.6) is 0 Å². The zero-order valence-corrected chi connectivity index (χ0v) is 7.57. The van der Waals surface area contributed by atoms with Gasteiger partial charge in [-0.25, -0.2) is 0 Å². The van der Waals surface area contributed by atoms with Crippen molar-refractivity contribution in [1.82, 2.24) is 10.0 Å². The van der Waals surface area contributed by atoms with E-state index in [0.29, 0.717) is 6.54 Å². The van der Waals surface area contributed by atoms with Crippen molar-refractivity contribution >= 4 is 17.0 Å². The molecule has 3 rings (SSSR count). The molecule has 1 aromatic carbocycles. The van der Waals surface area contributed by atoms with Crippen molar-refractivity contribution in [3.8, 4) is 0 Å². The number of aromatic nitrogens is 1. The first-order valence-corrected chi connectivity index (χ1v) is 4.58. The van der Waals surface area contributed by atoms with E-state index in [2.05, 4.69) is 11.1 Å². The van der Waals surface area contributed by atoms with Gasteiger partial charge in [0.15, 0.2) is 0 Å². The lowest BCUT2D eigenvalue weighted by Crippen LogP contribution is -2.14. The second kappa shape index (κ2) is 2.62. The van der Waals surface area contributed by atoms with Crippen molar-refractivity contribution in [1.29, 1.82) is 0 Å². The van der Waals surface area contributed by atoms with Gasteiger partial charge in [-0.3, -0.25) is 10.3 Å². The van der Waals surface area contributed by atoms with Gasteiger partial charge in [0.05, 0.1) is 6.54 Å². The molecule has 0 radical (unpaired) electrons. The third-order valence-corrected chi connectivity index (χ3v) is 2.58. The van der Waals surface area contributed by atoms with E-state index >= 15 is 0 Å². The average molecular weight is 186 g/mol. The van der Waals surface area contributed by atoms with Gasteiger partial charge in [-0.05, 0) is 12.1 Å². The van der Waals surface area contributed by atoms with E-state index in [4.69, 9.17) is 0 Å². The summed E-state index contributed by atoms with van der Waals surface area (Å²) >= 11 is 0. The van der Waals surface area contributed by atoms with Crippen LogP contribution >= 0.6 is 0 Å². The number of nitrogens with zero attached hydrogens (tertiary/aromatic N) is 1. The first kappa shape index (κ1) is 7.64. The number of fused-ring (bicyclic) bond motifs is 3. The molecule has 14 heavy (non-hydrogen) atoms. The van der Waals surface area contributed by atoms with Crippen molar-refractivity contribution in [2.24, 2.45) is 0 Å². The number of aromatic amines is 1. The standard InChI is InChI=1S/C11H10N2O/c14-13-6-5-11-9(7-13)8-3-1-2-4-10(8)12-11/h1-6,12,14H,7H2. The Hall–Kier alpha value is -1.74. The number of H-pyrrole nitrogens is 1. The summed E-state index contributed by atoms with van der Waals surface area (Å²) in [4.78, 5) is 3.31. The van der Waals surface area contributed by atoms with Gasteiger partial charge < -0.3 is 4.98 Å². The van der Waals surface area contributed by atoms with Gasteiger partial charge in [-0.15, -0.1) is 0 Å². The van der Waals surface area contributed by atoms with E-state index in [1.54, 1.807) is 6.20 Å². The van der Waals surface area contributed by atoms with E-state index in [1.807, 2.05) is 24.3 Å². The quantitative estimate of drug-likeness (QED) is 0.662. The van der Waals surface area contributed by atoms with E-state index < -0.39 is 0 Å². The molecule has 0 aliphatic carbocycles. The third kappa shape index (κ3) is 0.961. The molecule has 0 amide bonds. The first-order chi connectivity index (χ1) is 6.84. The average Bonchev–Trinajstić information content (AvgIpc) is 2.56. The largest absolute Gasteiger partial charge is 0.355 e. The highest BCUT2D eigenvalue weighted by Gasteiger charge is 2.14. The fourth-order valence-corrected chi connectivity index (χ4v) is 1.91. The van der Waals surface area contributed by atoms with Crippen LogP contribution in [-0.4, -0.2) is 15.3 Å². The Morgan fingerprint density at radius 1 is 1.29 bits per heavy atom. The summed E-state index contributed by atoms with van der Waals surface area (Å²) in [7, 11) is 0. The van der Waals surface area contributed by atoms with E-state index in [9.17, 15) is 5.21 Å². The lowest BCUT2D eigenvalue weighted by Gasteiger charge is -2.15. The molecule has 3 nitrogen and oxygen atoms in total. The fourth-order valence-electron chi connectivity index (χ4n) is 1.91. The predicted molar refractivity (Wildman–Crippen MR) is 54.7 cm³/mol. The van der Waals surface area contributed by atoms with Gasteiger partial charge in [0.25, 0.3) is 0 Å². The number of hydrogen-bond donors (Lipinski definition) is 2. The van der Waals surface area contributed by atoms with Gasteiger partial charge in [-0.1, -0.05) is 18.2 Å².